The van der Waals surface area contributed by atoms with Gasteiger partial charge in [0.15, 0.2) is 0 Å². The molecule has 0 saturated carbocycles. The zero-order valence-electron chi connectivity index (χ0n) is 39.8. The monoisotopic (exact) mass is 943 g/mol. The van der Waals surface area contributed by atoms with Crippen molar-refractivity contribution in [1.82, 2.24) is 9.55 Å². The molecule has 0 spiro atoms. The zero-order chi connectivity index (χ0) is 48.7. The molecule has 0 aliphatic heterocycles. The van der Waals surface area contributed by atoms with Gasteiger partial charge in [-0.1, -0.05) is 134 Å². The standard InChI is InChI=1S/C58H45BrN4O4/c1-37-31-56(62-53-30-25-41(58(2,3)4)33-50(53)49-29-28-46(35-55(49)62)67-45-18-11-16-42(59)34-45)60-36-51(37)39-23-26-43(27-24-39)66-44-17-10-15-40(32-44)48-20-12-19-47(38-13-6-5-7-14-38)57(48)61-52-21-8-9-22-54(52)63(64)65/h5-36,61H,1-4H3/i1D3. The number of hydrogen-bond donors (Lipinski definition) is 1. The number of nitrogens with zero attached hydrogens (tertiary/aromatic N) is 3. The predicted octanol–water partition coefficient (Wildman–Crippen LogP) is 16.8. The van der Waals surface area contributed by atoms with Crippen LogP contribution in [0.4, 0.5) is 17.1 Å². The average molecular weight is 945 g/mol. The first-order chi connectivity index (χ1) is 33.7. The Labute approximate surface area is 401 Å². The quantitative estimate of drug-likeness (QED) is 0.103. The van der Waals surface area contributed by atoms with Crippen molar-refractivity contribution in [3.8, 4) is 62.2 Å². The van der Waals surface area contributed by atoms with Gasteiger partial charge in [-0.25, -0.2) is 4.98 Å². The van der Waals surface area contributed by atoms with Crippen molar-refractivity contribution in [3.05, 3.63) is 220 Å². The highest BCUT2D eigenvalue weighted by molar-refractivity contribution is 9.10. The minimum Gasteiger partial charge on any atom is -0.457 e. The largest absolute Gasteiger partial charge is 0.457 e. The highest BCUT2D eigenvalue weighted by Crippen LogP contribution is 2.43. The van der Waals surface area contributed by atoms with Crippen LogP contribution in [0.15, 0.2) is 199 Å². The van der Waals surface area contributed by atoms with E-state index >= 15 is 0 Å². The maximum atomic E-state index is 12.0. The summed E-state index contributed by atoms with van der Waals surface area (Å²) in [6.07, 6.45) is 1.64. The number of pyridine rings is 1. The molecule has 0 radical (unpaired) electrons. The van der Waals surface area contributed by atoms with Crippen LogP contribution in [0.5, 0.6) is 23.0 Å². The number of para-hydroxylation sites is 3. The van der Waals surface area contributed by atoms with E-state index < -0.39 is 11.8 Å². The van der Waals surface area contributed by atoms with E-state index in [2.05, 4.69) is 60.2 Å². The molecule has 10 rings (SSSR count). The van der Waals surface area contributed by atoms with Crippen molar-refractivity contribution in [3.63, 3.8) is 0 Å². The van der Waals surface area contributed by atoms with E-state index in [4.69, 9.17) is 18.6 Å². The van der Waals surface area contributed by atoms with Gasteiger partial charge in [0.2, 0.25) is 0 Å². The summed E-state index contributed by atoms with van der Waals surface area (Å²) in [5.74, 6) is 2.87. The number of nitrogens with one attached hydrogen (secondary N) is 1. The number of halogens is 1. The summed E-state index contributed by atoms with van der Waals surface area (Å²) in [5, 5.41) is 17.5. The molecule has 0 amide bonds. The first-order valence-corrected chi connectivity index (χ1v) is 22.6. The van der Waals surface area contributed by atoms with Crippen LogP contribution in [0.25, 0.3) is 61.0 Å². The van der Waals surface area contributed by atoms with Gasteiger partial charge in [-0.15, -0.1) is 0 Å². The third kappa shape index (κ3) is 8.77. The Hall–Kier alpha value is -8.01. The van der Waals surface area contributed by atoms with Crippen LogP contribution in [-0.4, -0.2) is 14.5 Å². The molecule has 9 heteroatoms. The van der Waals surface area contributed by atoms with Gasteiger partial charge < -0.3 is 14.8 Å². The fraction of sp³-hybridized carbons (Fsp3) is 0.0862. The Bertz CT molecular complexity index is 3610. The van der Waals surface area contributed by atoms with Crippen LogP contribution >= 0.6 is 15.9 Å². The van der Waals surface area contributed by atoms with Crippen LogP contribution in [0.3, 0.4) is 0 Å². The molecule has 2 heterocycles. The van der Waals surface area contributed by atoms with E-state index in [9.17, 15) is 10.1 Å². The summed E-state index contributed by atoms with van der Waals surface area (Å²) in [6, 6.07) is 59.0. The fourth-order valence-electron chi connectivity index (χ4n) is 8.47. The Morgan fingerprint density at radius 2 is 1.27 bits per heavy atom. The molecule has 2 aromatic heterocycles. The SMILES string of the molecule is [2H]C([2H])([2H])c1cc(-n2c3ccc(C(C)(C)C)cc3c3ccc(Oc4cccc(Br)c4)cc32)ncc1-c1ccc(Oc2cccc(-c3cccc(-c4ccccc4)c3Nc3ccccc3[N+](=O)[O-])c2)cc1. The third-order valence-corrected chi connectivity index (χ3v) is 12.3. The lowest BCUT2D eigenvalue weighted by Crippen LogP contribution is -2.10. The minimum atomic E-state index is -2.48. The molecule has 0 bridgehead atoms. The Kier molecular flexibility index (Phi) is 10.4. The van der Waals surface area contributed by atoms with Crippen molar-refractivity contribution in [2.24, 2.45) is 0 Å². The van der Waals surface area contributed by atoms with Crippen molar-refractivity contribution >= 4 is 54.8 Å². The number of fused-ring (bicyclic) bond motifs is 3. The van der Waals surface area contributed by atoms with Crippen molar-refractivity contribution in [2.75, 3.05) is 5.32 Å². The van der Waals surface area contributed by atoms with Gasteiger partial charge in [-0.2, -0.15) is 0 Å². The lowest BCUT2D eigenvalue weighted by atomic mass is 9.86. The molecule has 0 unspecified atom stereocenters. The summed E-state index contributed by atoms with van der Waals surface area (Å²) in [5.41, 5.74) is 8.59. The summed E-state index contributed by atoms with van der Waals surface area (Å²) in [6.45, 7) is 4.07. The van der Waals surface area contributed by atoms with Crippen molar-refractivity contribution in [1.29, 1.82) is 0 Å². The van der Waals surface area contributed by atoms with E-state index in [-0.39, 0.29) is 16.7 Å². The molecule has 0 atom stereocenters. The molecule has 0 fully saturated rings. The number of nitro groups is 1. The fourth-order valence-corrected chi connectivity index (χ4v) is 8.84. The van der Waals surface area contributed by atoms with E-state index in [1.165, 1.54) is 11.6 Å². The predicted molar refractivity (Wildman–Crippen MR) is 275 cm³/mol. The minimum absolute atomic E-state index is 0.0370. The first kappa shape index (κ1) is 39.4. The number of aryl methyl sites for hydroxylation is 1. The second kappa shape index (κ2) is 17.8. The number of rotatable bonds is 11. The maximum Gasteiger partial charge on any atom is 0.292 e. The summed E-state index contributed by atoms with van der Waals surface area (Å²) < 4.78 is 41.9. The molecule has 1 N–H and O–H groups in total. The Morgan fingerprint density at radius 3 is 2.03 bits per heavy atom. The van der Waals surface area contributed by atoms with Crippen molar-refractivity contribution < 1.29 is 18.5 Å². The normalized spacial score (nSPS) is 12.3. The molecular weight excluding hydrogens is 897 g/mol. The molecule has 8 aromatic carbocycles. The zero-order valence-corrected chi connectivity index (χ0v) is 38.4. The Morgan fingerprint density at radius 1 is 0.612 bits per heavy atom. The number of aromatic nitrogens is 2. The molecule has 67 heavy (non-hydrogen) atoms. The van der Waals surface area contributed by atoms with Crippen molar-refractivity contribution in [2.45, 2.75) is 33.0 Å². The second-order valence-electron chi connectivity index (χ2n) is 17.3. The molecule has 0 saturated heterocycles. The molecule has 0 aliphatic carbocycles. The Balaban J connectivity index is 0.987. The summed E-state index contributed by atoms with van der Waals surface area (Å²) >= 11 is 3.54. The number of ether oxygens (including phenoxy) is 2. The summed E-state index contributed by atoms with van der Waals surface area (Å²) in [4.78, 5) is 16.6. The van der Waals surface area contributed by atoms with E-state index in [0.717, 1.165) is 48.5 Å². The van der Waals surface area contributed by atoms with Crippen LogP contribution in [-0.2, 0) is 5.41 Å². The van der Waals surface area contributed by atoms with Crippen LogP contribution < -0.4 is 14.8 Å². The molecule has 328 valence electrons. The molecule has 8 nitrogen and oxygen atoms in total. The van der Waals surface area contributed by atoms with Gasteiger partial charge in [-0.05, 0) is 119 Å². The highest BCUT2D eigenvalue weighted by Gasteiger charge is 2.21. The van der Waals surface area contributed by atoms with Crippen LogP contribution in [0, 0.1) is 17.0 Å². The average Bonchev–Trinajstić information content (AvgIpc) is 3.67. The first-order valence-electron chi connectivity index (χ1n) is 23.3. The summed E-state index contributed by atoms with van der Waals surface area (Å²) in [7, 11) is 0. The van der Waals surface area contributed by atoms with Gasteiger partial charge in [0.05, 0.1) is 21.6 Å². The number of benzene rings is 8. The van der Waals surface area contributed by atoms with Crippen LogP contribution in [0.1, 0.15) is 36.0 Å². The van der Waals surface area contributed by atoms with Gasteiger partial charge >= 0.3 is 0 Å². The number of hydrogen-bond acceptors (Lipinski definition) is 6. The maximum absolute atomic E-state index is 12.0. The highest BCUT2D eigenvalue weighted by atomic mass is 79.9. The van der Waals surface area contributed by atoms with Gasteiger partial charge in [-0.3, -0.25) is 14.7 Å². The van der Waals surface area contributed by atoms with Gasteiger partial charge in [0, 0.05) is 54.4 Å². The lowest BCUT2D eigenvalue weighted by Gasteiger charge is -2.19. The molecule has 10 aromatic rings. The second-order valence-corrected chi connectivity index (χ2v) is 18.2. The van der Waals surface area contributed by atoms with E-state index in [1.807, 2.05) is 144 Å². The lowest BCUT2D eigenvalue weighted by molar-refractivity contribution is -0.383. The van der Waals surface area contributed by atoms with Crippen LogP contribution in [0.2, 0.25) is 0 Å². The van der Waals surface area contributed by atoms with E-state index in [0.29, 0.717) is 51.3 Å². The molecular formula is C58H45BrN4O4. The van der Waals surface area contributed by atoms with E-state index in [1.54, 1.807) is 30.5 Å². The topological polar surface area (TPSA) is 91.5 Å². The third-order valence-electron chi connectivity index (χ3n) is 11.8. The molecule has 0 aliphatic rings. The number of nitro benzene ring substituents is 1. The smallest absolute Gasteiger partial charge is 0.292 e. The number of anilines is 2. The van der Waals surface area contributed by atoms with Gasteiger partial charge in [0.25, 0.3) is 5.69 Å². The van der Waals surface area contributed by atoms with Gasteiger partial charge in [0.1, 0.15) is 34.5 Å².